The molecule has 5 nitrogen and oxygen atoms in total. The van der Waals surface area contributed by atoms with Gasteiger partial charge < -0.3 is 15.0 Å². The lowest BCUT2D eigenvalue weighted by molar-refractivity contribution is -0.141. The molecule has 0 bridgehead atoms. The first kappa shape index (κ1) is 24.7. The molecule has 0 aliphatic rings. The Hall–Kier alpha value is -4.38. The van der Waals surface area contributed by atoms with E-state index in [-0.39, 0.29) is 18.2 Å². The summed E-state index contributed by atoms with van der Waals surface area (Å²) < 4.78 is 5.22. The number of hydrogen-bond acceptors (Lipinski definition) is 3. The lowest BCUT2D eigenvalue weighted by Gasteiger charge is -2.32. The average molecular weight is 479 g/mol. The van der Waals surface area contributed by atoms with Crippen LogP contribution in [0.2, 0.25) is 0 Å². The molecule has 0 saturated heterocycles. The molecule has 1 atom stereocenters. The summed E-state index contributed by atoms with van der Waals surface area (Å²) in [6, 6.07) is 35.6. The molecule has 36 heavy (non-hydrogen) atoms. The SMILES string of the molecule is COc1ccc(CNC(=O)[C@H](c2ccccc2)N(Cc2ccccc2)C(=O)Cc2ccccc2)cc1. The van der Waals surface area contributed by atoms with E-state index in [2.05, 4.69) is 5.32 Å². The van der Waals surface area contributed by atoms with Gasteiger partial charge in [0.2, 0.25) is 11.8 Å². The van der Waals surface area contributed by atoms with Crippen molar-refractivity contribution in [2.75, 3.05) is 7.11 Å². The van der Waals surface area contributed by atoms with Crippen molar-refractivity contribution in [2.24, 2.45) is 0 Å². The van der Waals surface area contributed by atoms with E-state index in [0.29, 0.717) is 13.1 Å². The number of ether oxygens (including phenoxy) is 1. The van der Waals surface area contributed by atoms with Crippen molar-refractivity contribution in [3.8, 4) is 5.75 Å². The van der Waals surface area contributed by atoms with E-state index in [1.54, 1.807) is 12.0 Å². The Morgan fingerprint density at radius 3 is 1.86 bits per heavy atom. The summed E-state index contributed by atoms with van der Waals surface area (Å²) in [5.41, 5.74) is 3.58. The van der Waals surface area contributed by atoms with Crippen LogP contribution in [-0.2, 0) is 29.1 Å². The van der Waals surface area contributed by atoms with Crippen LogP contribution in [0.15, 0.2) is 115 Å². The highest BCUT2D eigenvalue weighted by Crippen LogP contribution is 2.25. The Balaban J connectivity index is 1.63. The minimum atomic E-state index is -0.777. The van der Waals surface area contributed by atoms with Gasteiger partial charge >= 0.3 is 0 Å². The molecule has 4 rings (SSSR count). The molecule has 4 aromatic carbocycles. The molecule has 0 spiro atoms. The molecule has 4 aromatic rings. The zero-order valence-corrected chi connectivity index (χ0v) is 20.3. The molecular formula is C31H30N2O3. The molecule has 0 aromatic heterocycles. The van der Waals surface area contributed by atoms with E-state index in [1.165, 1.54) is 0 Å². The second-order valence-electron chi connectivity index (χ2n) is 8.55. The quantitative estimate of drug-likeness (QED) is 0.335. The van der Waals surface area contributed by atoms with Gasteiger partial charge in [0.1, 0.15) is 11.8 Å². The molecular weight excluding hydrogens is 448 g/mol. The van der Waals surface area contributed by atoms with E-state index in [4.69, 9.17) is 4.74 Å². The number of carbonyl (C=O) groups excluding carboxylic acids is 2. The van der Waals surface area contributed by atoms with Crippen LogP contribution >= 0.6 is 0 Å². The normalized spacial score (nSPS) is 11.4. The number of benzene rings is 4. The van der Waals surface area contributed by atoms with E-state index < -0.39 is 6.04 Å². The van der Waals surface area contributed by atoms with E-state index >= 15 is 0 Å². The Morgan fingerprint density at radius 1 is 0.722 bits per heavy atom. The van der Waals surface area contributed by atoms with Crippen LogP contribution in [0.4, 0.5) is 0 Å². The fourth-order valence-electron chi connectivity index (χ4n) is 4.11. The maximum atomic E-state index is 13.7. The summed E-state index contributed by atoms with van der Waals surface area (Å²) in [4.78, 5) is 29.1. The first-order chi connectivity index (χ1) is 17.6. The van der Waals surface area contributed by atoms with Gasteiger partial charge in [-0.2, -0.15) is 0 Å². The number of rotatable bonds is 10. The van der Waals surface area contributed by atoms with Crippen molar-refractivity contribution in [2.45, 2.75) is 25.6 Å². The summed E-state index contributed by atoms with van der Waals surface area (Å²) in [7, 11) is 1.62. The molecule has 1 N–H and O–H groups in total. The van der Waals surface area contributed by atoms with Crippen molar-refractivity contribution in [3.05, 3.63) is 138 Å². The number of amides is 2. The highest BCUT2D eigenvalue weighted by molar-refractivity contribution is 5.89. The van der Waals surface area contributed by atoms with Crippen LogP contribution in [0.1, 0.15) is 28.3 Å². The molecule has 5 heteroatoms. The molecule has 0 heterocycles. The zero-order valence-electron chi connectivity index (χ0n) is 20.3. The minimum absolute atomic E-state index is 0.112. The van der Waals surface area contributed by atoms with Gasteiger partial charge in [-0.3, -0.25) is 9.59 Å². The second kappa shape index (κ2) is 12.4. The smallest absolute Gasteiger partial charge is 0.247 e. The topological polar surface area (TPSA) is 58.6 Å². The second-order valence-corrected chi connectivity index (χ2v) is 8.55. The summed E-state index contributed by atoms with van der Waals surface area (Å²) in [5.74, 6) is 0.417. The van der Waals surface area contributed by atoms with Crippen molar-refractivity contribution in [3.63, 3.8) is 0 Å². The van der Waals surface area contributed by atoms with Crippen LogP contribution in [-0.4, -0.2) is 23.8 Å². The zero-order chi connectivity index (χ0) is 25.2. The summed E-state index contributed by atoms with van der Waals surface area (Å²) in [5, 5.41) is 3.05. The van der Waals surface area contributed by atoms with Gasteiger partial charge in [-0.05, 0) is 34.4 Å². The molecule has 0 aliphatic heterocycles. The van der Waals surface area contributed by atoms with Crippen LogP contribution in [0.3, 0.4) is 0 Å². The Bertz CT molecular complexity index is 1240. The third-order valence-corrected chi connectivity index (χ3v) is 6.02. The standard InChI is InChI=1S/C31H30N2O3/c1-36-28-19-17-25(18-20-28)22-32-31(35)30(27-15-9-4-10-16-27)33(23-26-13-7-3-8-14-26)29(34)21-24-11-5-2-6-12-24/h2-20,30H,21-23H2,1H3,(H,32,35)/t30-/m0/s1. The van der Waals surface area contributed by atoms with Crippen molar-refractivity contribution >= 4 is 11.8 Å². The van der Waals surface area contributed by atoms with E-state index in [0.717, 1.165) is 28.0 Å². The van der Waals surface area contributed by atoms with Gasteiger partial charge in [0.15, 0.2) is 0 Å². The molecule has 0 unspecified atom stereocenters. The predicted octanol–water partition coefficient (Wildman–Crippen LogP) is 5.32. The van der Waals surface area contributed by atoms with Gasteiger partial charge in [0.25, 0.3) is 0 Å². The first-order valence-electron chi connectivity index (χ1n) is 12.0. The molecule has 0 fully saturated rings. The van der Waals surface area contributed by atoms with E-state index in [1.807, 2.05) is 115 Å². The summed E-state index contributed by atoms with van der Waals surface area (Å²) in [6.45, 7) is 0.667. The fourth-order valence-corrected chi connectivity index (χ4v) is 4.11. The highest BCUT2D eigenvalue weighted by atomic mass is 16.5. The average Bonchev–Trinajstić information content (AvgIpc) is 2.93. The third-order valence-electron chi connectivity index (χ3n) is 6.02. The number of methoxy groups -OCH3 is 1. The van der Waals surface area contributed by atoms with Gasteiger partial charge in [-0.15, -0.1) is 0 Å². The van der Waals surface area contributed by atoms with Crippen LogP contribution in [0.25, 0.3) is 0 Å². The molecule has 0 aliphatic carbocycles. The van der Waals surface area contributed by atoms with Crippen LogP contribution < -0.4 is 10.1 Å². The lowest BCUT2D eigenvalue weighted by Crippen LogP contribution is -2.43. The number of nitrogens with one attached hydrogen (secondary N) is 1. The van der Waals surface area contributed by atoms with Gasteiger partial charge in [0.05, 0.1) is 13.5 Å². The van der Waals surface area contributed by atoms with Gasteiger partial charge in [-0.25, -0.2) is 0 Å². The molecule has 182 valence electrons. The predicted molar refractivity (Wildman–Crippen MR) is 141 cm³/mol. The lowest BCUT2D eigenvalue weighted by atomic mass is 10.0. The fraction of sp³-hybridized carbons (Fsp3) is 0.161. The van der Waals surface area contributed by atoms with Crippen molar-refractivity contribution in [1.29, 1.82) is 0 Å². The minimum Gasteiger partial charge on any atom is -0.497 e. The van der Waals surface area contributed by atoms with Gasteiger partial charge in [0, 0.05) is 13.1 Å². The van der Waals surface area contributed by atoms with Crippen molar-refractivity contribution < 1.29 is 14.3 Å². The van der Waals surface area contributed by atoms with Gasteiger partial charge in [-0.1, -0.05) is 103 Å². The van der Waals surface area contributed by atoms with Crippen LogP contribution in [0.5, 0.6) is 5.75 Å². The molecule has 0 saturated carbocycles. The number of carbonyl (C=O) groups is 2. The Labute approximate surface area is 212 Å². The number of nitrogens with zero attached hydrogens (tertiary/aromatic N) is 1. The Morgan fingerprint density at radius 2 is 1.28 bits per heavy atom. The summed E-state index contributed by atoms with van der Waals surface area (Å²) >= 11 is 0. The first-order valence-corrected chi connectivity index (χ1v) is 12.0. The largest absolute Gasteiger partial charge is 0.497 e. The Kier molecular flexibility index (Phi) is 8.49. The monoisotopic (exact) mass is 478 g/mol. The maximum Gasteiger partial charge on any atom is 0.247 e. The molecule has 2 amide bonds. The van der Waals surface area contributed by atoms with Crippen molar-refractivity contribution in [1.82, 2.24) is 10.2 Å². The highest BCUT2D eigenvalue weighted by Gasteiger charge is 2.31. The van der Waals surface area contributed by atoms with Crippen LogP contribution in [0, 0.1) is 0 Å². The maximum absolute atomic E-state index is 13.7. The number of hydrogen-bond donors (Lipinski definition) is 1. The van der Waals surface area contributed by atoms with E-state index in [9.17, 15) is 9.59 Å². The summed E-state index contributed by atoms with van der Waals surface area (Å²) in [6.07, 6.45) is 0.211. The third kappa shape index (κ3) is 6.60. The molecule has 0 radical (unpaired) electrons.